The highest BCUT2D eigenvalue weighted by Gasteiger charge is 2.34. The molecule has 0 radical (unpaired) electrons. The standard InChI is InChI=1S/C17H25F3N4O3.HI/c1-21-15(24-11-16(4-7-25)5-8-26-12-16)22-6-9-27-14-3-2-13(10-23-14)17(18,19)20;/h2-3,10,25H,4-9,11-12H2,1H3,(H2,21,22,24);1H. The van der Waals surface area contributed by atoms with E-state index in [2.05, 4.69) is 20.6 Å². The number of nitrogens with zero attached hydrogens (tertiary/aromatic N) is 2. The molecule has 2 rings (SSSR count). The summed E-state index contributed by atoms with van der Waals surface area (Å²) >= 11 is 0. The van der Waals surface area contributed by atoms with E-state index >= 15 is 0 Å². The van der Waals surface area contributed by atoms with Gasteiger partial charge in [-0.2, -0.15) is 13.2 Å². The van der Waals surface area contributed by atoms with Crippen LogP contribution in [0.15, 0.2) is 23.3 Å². The third-order valence-electron chi connectivity index (χ3n) is 4.39. The van der Waals surface area contributed by atoms with Crippen molar-refractivity contribution < 1.29 is 27.8 Å². The first-order valence-corrected chi connectivity index (χ1v) is 8.68. The van der Waals surface area contributed by atoms with Crippen molar-refractivity contribution in [2.75, 3.05) is 46.6 Å². The number of nitrogens with one attached hydrogen (secondary N) is 2. The van der Waals surface area contributed by atoms with Crippen LogP contribution in [0.3, 0.4) is 0 Å². The lowest BCUT2D eigenvalue weighted by Gasteiger charge is -2.27. The van der Waals surface area contributed by atoms with E-state index in [4.69, 9.17) is 9.47 Å². The Hall–Kier alpha value is -1.34. The summed E-state index contributed by atoms with van der Waals surface area (Å²) in [7, 11) is 1.64. The van der Waals surface area contributed by atoms with Crippen LogP contribution in [0, 0.1) is 5.41 Å². The minimum absolute atomic E-state index is 0. The van der Waals surface area contributed by atoms with E-state index in [1.807, 2.05) is 0 Å². The lowest BCUT2D eigenvalue weighted by molar-refractivity contribution is -0.137. The molecule has 11 heteroatoms. The maximum atomic E-state index is 12.5. The van der Waals surface area contributed by atoms with E-state index in [0.29, 0.717) is 38.7 Å². The SMILES string of the molecule is CN=C(NCCOc1ccc(C(F)(F)F)cn1)NCC1(CCO)CCOC1.I. The highest BCUT2D eigenvalue weighted by Crippen LogP contribution is 2.31. The number of rotatable bonds is 8. The molecule has 0 saturated carbocycles. The predicted octanol–water partition coefficient (Wildman–Crippen LogP) is 2.05. The zero-order valence-electron chi connectivity index (χ0n) is 15.6. The Bertz CT molecular complexity index is 609. The second-order valence-corrected chi connectivity index (χ2v) is 6.36. The Labute approximate surface area is 179 Å². The molecule has 1 aromatic rings. The zero-order chi connectivity index (χ0) is 19.8. The maximum Gasteiger partial charge on any atom is 0.417 e. The summed E-state index contributed by atoms with van der Waals surface area (Å²) < 4.78 is 48.2. The van der Waals surface area contributed by atoms with Gasteiger partial charge in [0.05, 0.1) is 18.7 Å². The summed E-state index contributed by atoms with van der Waals surface area (Å²) in [4.78, 5) is 7.77. The Balaban J connectivity index is 0.00000392. The van der Waals surface area contributed by atoms with Crippen molar-refractivity contribution in [2.24, 2.45) is 10.4 Å². The Morgan fingerprint density at radius 1 is 1.39 bits per heavy atom. The monoisotopic (exact) mass is 518 g/mol. The summed E-state index contributed by atoms with van der Waals surface area (Å²) in [5.41, 5.74) is -0.919. The molecule has 1 unspecified atom stereocenters. The van der Waals surface area contributed by atoms with E-state index in [1.54, 1.807) is 7.05 Å². The Kier molecular flexibility index (Phi) is 10.2. The average Bonchev–Trinajstić information content (AvgIpc) is 3.10. The molecule has 3 N–H and O–H groups in total. The van der Waals surface area contributed by atoms with Crippen molar-refractivity contribution in [3.63, 3.8) is 0 Å². The summed E-state index contributed by atoms with van der Waals surface area (Å²) in [5.74, 6) is 0.695. The Morgan fingerprint density at radius 2 is 2.18 bits per heavy atom. The first-order chi connectivity index (χ1) is 12.9. The van der Waals surface area contributed by atoms with Gasteiger partial charge in [-0.05, 0) is 18.9 Å². The van der Waals surface area contributed by atoms with Crippen LogP contribution >= 0.6 is 24.0 Å². The quantitative estimate of drug-likeness (QED) is 0.212. The number of aliphatic hydroxyl groups excluding tert-OH is 1. The third kappa shape index (κ3) is 7.59. The number of guanidine groups is 1. The minimum atomic E-state index is -4.41. The summed E-state index contributed by atoms with van der Waals surface area (Å²) in [6.07, 6.45) is -2.14. The van der Waals surface area contributed by atoms with E-state index in [1.165, 1.54) is 6.07 Å². The lowest BCUT2D eigenvalue weighted by Crippen LogP contribution is -2.45. The molecule has 2 heterocycles. The van der Waals surface area contributed by atoms with Crippen molar-refractivity contribution in [2.45, 2.75) is 19.0 Å². The van der Waals surface area contributed by atoms with Crippen LogP contribution in [-0.4, -0.2) is 62.6 Å². The van der Waals surface area contributed by atoms with Crippen LogP contribution in [0.4, 0.5) is 13.2 Å². The van der Waals surface area contributed by atoms with Crippen molar-refractivity contribution in [1.29, 1.82) is 0 Å². The molecule has 1 fully saturated rings. The number of aromatic nitrogens is 1. The fourth-order valence-corrected chi connectivity index (χ4v) is 2.76. The van der Waals surface area contributed by atoms with Gasteiger partial charge in [-0.1, -0.05) is 0 Å². The highest BCUT2D eigenvalue weighted by atomic mass is 127. The molecule has 1 aromatic heterocycles. The molecular formula is C17H26F3IN4O3. The molecule has 28 heavy (non-hydrogen) atoms. The number of pyridine rings is 1. The second kappa shape index (κ2) is 11.6. The van der Waals surface area contributed by atoms with Gasteiger partial charge in [0.25, 0.3) is 0 Å². The molecule has 160 valence electrons. The van der Waals surface area contributed by atoms with Gasteiger partial charge in [-0.25, -0.2) is 4.98 Å². The van der Waals surface area contributed by atoms with Crippen molar-refractivity contribution in [1.82, 2.24) is 15.6 Å². The number of ether oxygens (including phenoxy) is 2. The fourth-order valence-electron chi connectivity index (χ4n) is 2.76. The molecule has 1 aliphatic heterocycles. The van der Waals surface area contributed by atoms with Crippen LogP contribution in [0.2, 0.25) is 0 Å². The van der Waals surface area contributed by atoms with E-state index in [0.717, 1.165) is 18.7 Å². The van der Waals surface area contributed by atoms with Crippen LogP contribution in [-0.2, 0) is 10.9 Å². The van der Waals surface area contributed by atoms with Gasteiger partial charge in [-0.15, -0.1) is 24.0 Å². The number of aliphatic imine (C=N–C) groups is 1. The van der Waals surface area contributed by atoms with Crippen LogP contribution < -0.4 is 15.4 Å². The zero-order valence-corrected chi connectivity index (χ0v) is 17.9. The molecule has 1 aliphatic rings. The fraction of sp³-hybridized carbons (Fsp3) is 0.647. The predicted molar refractivity (Wildman–Crippen MR) is 109 cm³/mol. The van der Waals surface area contributed by atoms with Gasteiger partial charge in [0, 0.05) is 44.5 Å². The second-order valence-electron chi connectivity index (χ2n) is 6.36. The van der Waals surface area contributed by atoms with Gasteiger partial charge >= 0.3 is 6.18 Å². The van der Waals surface area contributed by atoms with Crippen LogP contribution in [0.25, 0.3) is 0 Å². The topological polar surface area (TPSA) is 88.0 Å². The maximum absolute atomic E-state index is 12.5. The molecule has 0 spiro atoms. The first kappa shape index (κ1) is 24.7. The molecule has 0 aliphatic carbocycles. The summed E-state index contributed by atoms with van der Waals surface area (Å²) in [6.45, 7) is 2.61. The molecule has 1 atom stereocenters. The Morgan fingerprint density at radius 3 is 2.71 bits per heavy atom. The van der Waals surface area contributed by atoms with Crippen LogP contribution in [0.5, 0.6) is 5.88 Å². The smallest absolute Gasteiger partial charge is 0.417 e. The van der Waals surface area contributed by atoms with Gasteiger partial charge in [-0.3, -0.25) is 4.99 Å². The van der Waals surface area contributed by atoms with E-state index in [9.17, 15) is 18.3 Å². The normalized spacial score (nSPS) is 19.8. The van der Waals surface area contributed by atoms with Gasteiger partial charge < -0.3 is 25.2 Å². The number of aliphatic hydroxyl groups is 1. The van der Waals surface area contributed by atoms with Gasteiger partial charge in [0.1, 0.15) is 6.61 Å². The molecular weight excluding hydrogens is 492 g/mol. The van der Waals surface area contributed by atoms with E-state index in [-0.39, 0.29) is 48.5 Å². The first-order valence-electron chi connectivity index (χ1n) is 8.68. The summed E-state index contributed by atoms with van der Waals surface area (Å²) in [6, 6.07) is 2.12. The van der Waals surface area contributed by atoms with Crippen molar-refractivity contribution in [3.8, 4) is 5.88 Å². The van der Waals surface area contributed by atoms with Gasteiger partial charge in [0.2, 0.25) is 5.88 Å². The number of alkyl halides is 3. The minimum Gasteiger partial charge on any atom is -0.476 e. The van der Waals surface area contributed by atoms with E-state index < -0.39 is 11.7 Å². The molecule has 0 amide bonds. The summed E-state index contributed by atoms with van der Waals surface area (Å²) in [5, 5.41) is 15.5. The number of hydrogen-bond acceptors (Lipinski definition) is 5. The highest BCUT2D eigenvalue weighted by molar-refractivity contribution is 14.0. The third-order valence-corrected chi connectivity index (χ3v) is 4.39. The average molecular weight is 518 g/mol. The lowest BCUT2D eigenvalue weighted by atomic mass is 9.84. The molecule has 0 bridgehead atoms. The molecule has 7 nitrogen and oxygen atoms in total. The molecule has 1 saturated heterocycles. The largest absolute Gasteiger partial charge is 0.476 e. The number of halogens is 4. The van der Waals surface area contributed by atoms with Crippen LogP contribution in [0.1, 0.15) is 18.4 Å². The van der Waals surface area contributed by atoms with Crippen molar-refractivity contribution >= 4 is 29.9 Å². The number of hydrogen-bond donors (Lipinski definition) is 3. The molecule has 0 aromatic carbocycles. The van der Waals surface area contributed by atoms with Crippen molar-refractivity contribution in [3.05, 3.63) is 23.9 Å². The van der Waals surface area contributed by atoms with Gasteiger partial charge in [0.15, 0.2) is 5.96 Å².